The van der Waals surface area contributed by atoms with Gasteiger partial charge in [-0.05, 0) is 95.9 Å². The highest BCUT2D eigenvalue weighted by Gasteiger charge is 2.42. The van der Waals surface area contributed by atoms with E-state index in [0.717, 1.165) is 9.13 Å². The third-order valence-corrected chi connectivity index (χ3v) is 7.65. The van der Waals surface area contributed by atoms with Gasteiger partial charge in [-0.15, -0.1) is 0 Å². The average molecular weight is 651 g/mol. The predicted molar refractivity (Wildman–Crippen MR) is 153 cm³/mol. The van der Waals surface area contributed by atoms with Gasteiger partial charge in [-0.3, -0.25) is 14.4 Å². The van der Waals surface area contributed by atoms with E-state index in [0.29, 0.717) is 46.2 Å². The lowest BCUT2D eigenvalue weighted by Crippen LogP contribution is -2.44. The van der Waals surface area contributed by atoms with Crippen LogP contribution in [0.15, 0.2) is 66.7 Å². The monoisotopic (exact) mass is 650 g/mol. The summed E-state index contributed by atoms with van der Waals surface area (Å²) in [6, 6.07) is 18.3. The van der Waals surface area contributed by atoms with Crippen LogP contribution in [-0.4, -0.2) is 34.3 Å². The standard InChI is InChI=1S/C28H25Cl2IN2O4/c1-17(18-5-9-20(29)10-6-18)33-26(19-7-11-21(30)12-8-19)28(37)32(15-3-2-4-25(34)35)24-14-13-22(31)16-23(24)27(33)36/h5-14,16-17,26H,2-4,15H2,1H3,(H,34,35)/t17-,26-/m1/s1. The molecule has 0 fully saturated rings. The molecule has 0 saturated heterocycles. The number of benzene rings is 3. The van der Waals surface area contributed by atoms with Gasteiger partial charge in [0.25, 0.3) is 11.8 Å². The van der Waals surface area contributed by atoms with Crippen molar-refractivity contribution in [3.8, 4) is 0 Å². The van der Waals surface area contributed by atoms with Crippen LogP contribution in [0.25, 0.3) is 0 Å². The number of aliphatic carboxylic acids is 1. The molecule has 1 N–H and O–H groups in total. The Morgan fingerprint density at radius 1 is 0.973 bits per heavy atom. The lowest BCUT2D eigenvalue weighted by Gasteiger charge is -2.36. The van der Waals surface area contributed by atoms with E-state index < -0.39 is 18.1 Å². The number of amides is 2. The minimum absolute atomic E-state index is 0.0147. The molecule has 37 heavy (non-hydrogen) atoms. The summed E-state index contributed by atoms with van der Waals surface area (Å²) in [4.78, 5) is 42.8. The maximum absolute atomic E-state index is 14.3. The summed E-state index contributed by atoms with van der Waals surface area (Å²) in [6.07, 6.45) is 0.918. The molecule has 9 heteroatoms. The van der Waals surface area contributed by atoms with Crippen LogP contribution in [0.4, 0.5) is 5.69 Å². The number of carbonyl (C=O) groups excluding carboxylic acids is 2. The maximum Gasteiger partial charge on any atom is 0.303 e. The number of rotatable bonds is 8. The number of unbranched alkanes of at least 4 members (excludes halogenated alkanes) is 1. The van der Waals surface area contributed by atoms with Crippen molar-refractivity contribution in [2.75, 3.05) is 11.4 Å². The Bertz CT molecular complexity index is 1310. The summed E-state index contributed by atoms with van der Waals surface area (Å²) in [5, 5.41) is 10.2. The minimum Gasteiger partial charge on any atom is -0.481 e. The minimum atomic E-state index is -0.917. The fourth-order valence-corrected chi connectivity index (χ4v) is 5.33. The van der Waals surface area contributed by atoms with Gasteiger partial charge in [-0.1, -0.05) is 47.5 Å². The Hall–Kier alpha value is -2.62. The van der Waals surface area contributed by atoms with Crippen molar-refractivity contribution in [3.05, 3.63) is 97.0 Å². The Morgan fingerprint density at radius 2 is 1.59 bits per heavy atom. The molecule has 3 aromatic rings. The van der Waals surface area contributed by atoms with E-state index in [1.54, 1.807) is 58.3 Å². The number of carboxylic acid groups (broad SMARTS) is 1. The first-order chi connectivity index (χ1) is 17.7. The molecule has 1 heterocycles. The smallest absolute Gasteiger partial charge is 0.303 e. The quantitative estimate of drug-likeness (QED) is 0.208. The van der Waals surface area contributed by atoms with E-state index in [-0.39, 0.29) is 18.2 Å². The van der Waals surface area contributed by atoms with Crippen LogP contribution in [0.2, 0.25) is 10.0 Å². The fourth-order valence-electron chi connectivity index (χ4n) is 4.58. The lowest BCUT2D eigenvalue weighted by atomic mass is 9.98. The maximum atomic E-state index is 14.3. The van der Waals surface area contributed by atoms with Crippen molar-refractivity contribution in [2.24, 2.45) is 0 Å². The normalized spacial score (nSPS) is 16.4. The van der Waals surface area contributed by atoms with E-state index in [1.807, 2.05) is 25.1 Å². The zero-order valence-corrected chi connectivity index (χ0v) is 23.7. The highest BCUT2D eigenvalue weighted by Crippen LogP contribution is 2.40. The van der Waals surface area contributed by atoms with Gasteiger partial charge in [0.1, 0.15) is 6.04 Å². The van der Waals surface area contributed by atoms with Gasteiger partial charge in [-0.25, -0.2) is 0 Å². The zero-order valence-electron chi connectivity index (χ0n) is 20.0. The highest BCUT2D eigenvalue weighted by molar-refractivity contribution is 14.1. The topological polar surface area (TPSA) is 77.9 Å². The summed E-state index contributed by atoms with van der Waals surface area (Å²) in [5.74, 6) is -1.40. The molecule has 6 nitrogen and oxygen atoms in total. The van der Waals surface area contributed by atoms with Gasteiger partial charge < -0.3 is 14.9 Å². The van der Waals surface area contributed by atoms with Crippen LogP contribution in [0.1, 0.15) is 59.8 Å². The highest BCUT2D eigenvalue weighted by atomic mass is 127. The van der Waals surface area contributed by atoms with E-state index >= 15 is 0 Å². The molecule has 1 aliphatic rings. The van der Waals surface area contributed by atoms with Gasteiger partial charge in [0.05, 0.1) is 17.3 Å². The molecule has 0 unspecified atom stereocenters. The molecule has 4 rings (SSSR count). The Labute approximate surface area is 239 Å². The molecular formula is C28H25Cl2IN2O4. The molecule has 0 spiro atoms. The lowest BCUT2D eigenvalue weighted by molar-refractivity contribution is -0.137. The number of carbonyl (C=O) groups is 3. The van der Waals surface area contributed by atoms with E-state index in [4.69, 9.17) is 28.3 Å². The largest absolute Gasteiger partial charge is 0.481 e. The number of hydrogen-bond donors (Lipinski definition) is 1. The summed E-state index contributed by atoms with van der Waals surface area (Å²) in [6.45, 7) is 2.19. The summed E-state index contributed by atoms with van der Waals surface area (Å²) in [5.41, 5.74) is 2.43. The molecule has 3 aromatic carbocycles. The SMILES string of the molecule is C[C@H](c1ccc(Cl)cc1)N1C(=O)c2cc(I)ccc2N(CCCCC(=O)O)C(=O)[C@H]1c1ccc(Cl)cc1. The van der Waals surface area contributed by atoms with Crippen LogP contribution < -0.4 is 4.90 Å². The van der Waals surface area contributed by atoms with Crippen molar-refractivity contribution in [2.45, 2.75) is 38.3 Å². The summed E-state index contributed by atoms with van der Waals surface area (Å²) >= 11 is 14.4. The molecule has 0 aromatic heterocycles. The van der Waals surface area contributed by atoms with Crippen molar-refractivity contribution in [1.82, 2.24) is 4.90 Å². The van der Waals surface area contributed by atoms with Gasteiger partial charge >= 0.3 is 5.97 Å². The summed E-state index contributed by atoms with van der Waals surface area (Å²) in [7, 11) is 0. The van der Waals surface area contributed by atoms with Crippen LogP contribution >= 0.6 is 45.8 Å². The van der Waals surface area contributed by atoms with Crippen LogP contribution in [0.3, 0.4) is 0 Å². The second-order valence-electron chi connectivity index (χ2n) is 8.90. The molecule has 0 aliphatic carbocycles. The molecular weight excluding hydrogens is 626 g/mol. The number of nitrogens with zero attached hydrogens (tertiary/aromatic N) is 2. The van der Waals surface area contributed by atoms with E-state index in [2.05, 4.69) is 22.6 Å². The summed E-state index contributed by atoms with van der Waals surface area (Å²) < 4.78 is 0.868. The Kier molecular flexibility index (Phi) is 8.77. The van der Waals surface area contributed by atoms with Gasteiger partial charge in [0.15, 0.2) is 0 Å². The zero-order chi connectivity index (χ0) is 26.7. The van der Waals surface area contributed by atoms with Crippen molar-refractivity contribution in [3.63, 3.8) is 0 Å². The number of anilines is 1. The number of hydrogen-bond acceptors (Lipinski definition) is 3. The first kappa shape index (κ1) is 27.4. The molecule has 0 radical (unpaired) electrons. The average Bonchev–Trinajstić information content (AvgIpc) is 2.95. The van der Waals surface area contributed by atoms with Crippen molar-refractivity contribution >= 4 is 69.3 Å². The molecule has 192 valence electrons. The second-order valence-corrected chi connectivity index (χ2v) is 11.0. The third-order valence-electron chi connectivity index (χ3n) is 6.47. The Balaban J connectivity index is 1.85. The molecule has 0 saturated carbocycles. The second kappa shape index (κ2) is 11.8. The number of carboxylic acids is 1. The van der Waals surface area contributed by atoms with Gasteiger partial charge in [0, 0.05) is 26.6 Å². The fraction of sp³-hybridized carbons (Fsp3) is 0.250. The molecule has 0 bridgehead atoms. The van der Waals surface area contributed by atoms with Crippen LogP contribution in [-0.2, 0) is 9.59 Å². The predicted octanol–water partition coefficient (Wildman–Crippen LogP) is 7.14. The Morgan fingerprint density at radius 3 is 2.22 bits per heavy atom. The van der Waals surface area contributed by atoms with Crippen LogP contribution in [0, 0.1) is 3.57 Å². The van der Waals surface area contributed by atoms with Crippen LogP contribution in [0.5, 0.6) is 0 Å². The van der Waals surface area contributed by atoms with Gasteiger partial charge in [-0.2, -0.15) is 0 Å². The number of halogens is 3. The first-order valence-corrected chi connectivity index (χ1v) is 13.7. The van der Waals surface area contributed by atoms with E-state index in [1.165, 1.54) is 0 Å². The van der Waals surface area contributed by atoms with Gasteiger partial charge in [0.2, 0.25) is 0 Å². The van der Waals surface area contributed by atoms with Crippen molar-refractivity contribution < 1.29 is 19.5 Å². The first-order valence-electron chi connectivity index (χ1n) is 11.8. The molecule has 2 atom stereocenters. The molecule has 2 amide bonds. The van der Waals surface area contributed by atoms with E-state index in [9.17, 15) is 14.4 Å². The van der Waals surface area contributed by atoms with Crippen molar-refractivity contribution in [1.29, 1.82) is 0 Å². The third kappa shape index (κ3) is 6.10. The number of fused-ring (bicyclic) bond motifs is 1. The molecule has 1 aliphatic heterocycles.